The second-order valence-corrected chi connectivity index (χ2v) is 5.32. The third-order valence-electron chi connectivity index (χ3n) is 3.89. The topological polar surface area (TPSA) is 49.3 Å². The molecule has 0 radical (unpaired) electrons. The van der Waals surface area contributed by atoms with Crippen molar-refractivity contribution >= 4 is 12.0 Å². The Labute approximate surface area is 128 Å². The van der Waals surface area contributed by atoms with Crippen molar-refractivity contribution in [3.05, 3.63) is 41.5 Å². The molecule has 1 atom stereocenters. The highest BCUT2D eigenvalue weighted by Gasteiger charge is 2.15. The number of nitrogens with one attached hydrogen (secondary N) is 1. The zero-order valence-corrected chi connectivity index (χ0v) is 13.3. The van der Waals surface area contributed by atoms with Crippen molar-refractivity contribution in [2.75, 3.05) is 6.54 Å². The Morgan fingerprint density at radius 1 is 1.19 bits per heavy atom. The summed E-state index contributed by atoms with van der Waals surface area (Å²) in [7, 11) is 0. The molecule has 3 heteroatoms. The van der Waals surface area contributed by atoms with Gasteiger partial charge in [0, 0.05) is 12.6 Å². The largest absolute Gasteiger partial charge is 0.391 e. The third kappa shape index (κ3) is 6.13. The standard InChI is InChI=1S/C18H27NO2/c1-4-14-7-9-15(10-8-14)11-12-18(21)19-13-17(20)16(5-2)6-3/h7-12,16-17,20H,4-6,13H2,1-3H3,(H,19,21)/b12-11+. The summed E-state index contributed by atoms with van der Waals surface area (Å²) < 4.78 is 0. The van der Waals surface area contributed by atoms with Crippen LogP contribution in [-0.4, -0.2) is 23.7 Å². The van der Waals surface area contributed by atoms with Crippen LogP contribution in [0.1, 0.15) is 44.7 Å². The van der Waals surface area contributed by atoms with E-state index in [1.807, 2.05) is 12.1 Å². The highest BCUT2D eigenvalue weighted by molar-refractivity contribution is 5.91. The maximum absolute atomic E-state index is 11.7. The van der Waals surface area contributed by atoms with E-state index in [1.165, 1.54) is 11.6 Å². The number of hydrogen-bond acceptors (Lipinski definition) is 2. The van der Waals surface area contributed by atoms with Gasteiger partial charge in [-0.3, -0.25) is 4.79 Å². The summed E-state index contributed by atoms with van der Waals surface area (Å²) in [5.41, 5.74) is 2.28. The fraction of sp³-hybridized carbons (Fsp3) is 0.500. The Morgan fingerprint density at radius 2 is 1.81 bits per heavy atom. The second-order valence-electron chi connectivity index (χ2n) is 5.32. The Balaban J connectivity index is 2.43. The number of aryl methyl sites for hydroxylation is 1. The van der Waals surface area contributed by atoms with Gasteiger partial charge in [-0.25, -0.2) is 0 Å². The number of hydrogen-bond donors (Lipinski definition) is 2. The lowest BCUT2D eigenvalue weighted by Gasteiger charge is -2.19. The van der Waals surface area contributed by atoms with Gasteiger partial charge in [-0.15, -0.1) is 0 Å². The van der Waals surface area contributed by atoms with E-state index in [1.54, 1.807) is 6.08 Å². The molecule has 0 saturated heterocycles. The molecule has 0 aliphatic rings. The smallest absolute Gasteiger partial charge is 0.244 e. The summed E-state index contributed by atoms with van der Waals surface area (Å²) >= 11 is 0. The van der Waals surface area contributed by atoms with Crippen molar-refractivity contribution in [3.63, 3.8) is 0 Å². The zero-order chi connectivity index (χ0) is 15.7. The number of rotatable bonds is 8. The van der Waals surface area contributed by atoms with E-state index in [2.05, 4.69) is 38.2 Å². The first-order chi connectivity index (χ1) is 10.1. The van der Waals surface area contributed by atoms with Crippen molar-refractivity contribution in [1.29, 1.82) is 0 Å². The molecule has 1 aromatic rings. The molecule has 1 unspecified atom stereocenters. The minimum absolute atomic E-state index is 0.167. The maximum atomic E-state index is 11.7. The van der Waals surface area contributed by atoms with Crippen LogP contribution in [-0.2, 0) is 11.2 Å². The molecule has 0 bridgehead atoms. The van der Waals surface area contributed by atoms with Gasteiger partial charge in [0.2, 0.25) is 5.91 Å². The second kappa shape index (κ2) is 9.35. The first-order valence-corrected chi connectivity index (χ1v) is 7.83. The number of amides is 1. The fourth-order valence-corrected chi connectivity index (χ4v) is 2.30. The highest BCUT2D eigenvalue weighted by atomic mass is 16.3. The van der Waals surface area contributed by atoms with Crippen LogP contribution in [0.3, 0.4) is 0 Å². The van der Waals surface area contributed by atoms with Crippen LogP contribution >= 0.6 is 0 Å². The van der Waals surface area contributed by atoms with Crippen molar-refractivity contribution in [1.82, 2.24) is 5.32 Å². The molecule has 0 aromatic heterocycles. The highest BCUT2D eigenvalue weighted by Crippen LogP contribution is 2.12. The molecule has 0 aliphatic heterocycles. The Morgan fingerprint density at radius 3 is 2.33 bits per heavy atom. The molecule has 0 fully saturated rings. The molecular weight excluding hydrogens is 262 g/mol. The van der Waals surface area contributed by atoms with E-state index in [-0.39, 0.29) is 11.8 Å². The third-order valence-corrected chi connectivity index (χ3v) is 3.89. The Bertz CT molecular complexity index is 447. The molecule has 2 N–H and O–H groups in total. The summed E-state index contributed by atoms with van der Waals surface area (Å²) in [5.74, 6) is 0.0791. The fourth-order valence-electron chi connectivity index (χ4n) is 2.30. The van der Waals surface area contributed by atoms with Crippen LogP contribution in [0.2, 0.25) is 0 Å². The molecule has 0 saturated carbocycles. The van der Waals surface area contributed by atoms with E-state index in [9.17, 15) is 9.90 Å². The molecule has 3 nitrogen and oxygen atoms in total. The van der Waals surface area contributed by atoms with Crippen molar-refractivity contribution < 1.29 is 9.90 Å². The minimum atomic E-state index is -0.471. The summed E-state index contributed by atoms with van der Waals surface area (Å²) in [6, 6.07) is 8.13. The number of aliphatic hydroxyl groups is 1. The minimum Gasteiger partial charge on any atom is -0.391 e. The average molecular weight is 289 g/mol. The summed E-state index contributed by atoms with van der Waals surface area (Å²) in [6.45, 7) is 6.53. The lowest BCUT2D eigenvalue weighted by molar-refractivity contribution is -0.117. The van der Waals surface area contributed by atoms with Gasteiger partial charge in [0.05, 0.1) is 6.10 Å². The number of carbonyl (C=O) groups excluding carboxylic acids is 1. The van der Waals surface area contributed by atoms with Crippen LogP contribution in [0, 0.1) is 5.92 Å². The van der Waals surface area contributed by atoms with E-state index in [0.29, 0.717) is 6.54 Å². The van der Waals surface area contributed by atoms with Gasteiger partial charge in [0.15, 0.2) is 0 Å². The Hall–Kier alpha value is -1.61. The van der Waals surface area contributed by atoms with Gasteiger partial charge >= 0.3 is 0 Å². The van der Waals surface area contributed by atoms with E-state index in [0.717, 1.165) is 24.8 Å². The van der Waals surface area contributed by atoms with E-state index >= 15 is 0 Å². The van der Waals surface area contributed by atoms with E-state index in [4.69, 9.17) is 0 Å². The molecule has 1 rings (SSSR count). The number of benzene rings is 1. The van der Waals surface area contributed by atoms with Gasteiger partial charge in [0.1, 0.15) is 0 Å². The maximum Gasteiger partial charge on any atom is 0.244 e. The molecule has 0 heterocycles. The van der Waals surface area contributed by atoms with Gasteiger partial charge in [0.25, 0.3) is 0 Å². The first-order valence-electron chi connectivity index (χ1n) is 7.83. The summed E-state index contributed by atoms with van der Waals surface area (Å²) in [6.07, 6.45) is 5.69. The van der Waals surface area contributed by atoms with Crippen molar-refractivity contribution in [3.8, 4) is 0 Å². The predicted molar refractivity (Wildman–Crippen MR) is 87.9 cm³/mol. The molecular formula is C18H27NO2. The van der Waals surface area contributed by atoms with Gasteiger partial charge < -0.3 is 10.4 Å². The first kappa shape index (κ1) is 17.4. The Kier molecular flexibility index (Phi) is 7.76. The monoisotopic (exact) mass is 289 g/mol. The summed E-state index contributed by atoms with van der Waals surface area (Å²) in [4.78, 5) is 11.7. The lowest BCUT2D eigenvalue weighted by atomic mass is 9.96. The molecule has 1 aromatic carbocycles. The van der Waals surface area contributed by atoms with E-state index < -0.39 is 6.10 Å². The molecule has 0 aliphatic carbocycles. The zero-order valence-electron chi connectivity index (χ0n) is 13.3. The lowest BCUT2D eigenvalue weighted by Crippen LogP contribution is -2.35. The molecule has 0 spiro atoms. The van der Waals surface area contributed by atoms with Crippen LogP contribution in [0.5, 0.6) is 0 Å². The number of carbonyl (C=O) groups is 1. The number of aliphatic hydroxyl groups excluding tert-OH is 1. The van der Waals surface area contributed by atoms with Crippen LogP contribution < -0.4 is 5.32 Å². The van der Waals surface area contributed by atoms with Gasteiger partial charge in [-0.2, -0.15) is 0 Å². The van der Waals surface area contributed by atoms with Crippen LogP contribution in [0.15, 0.2) is 30.3 Å². The SMILES string of the molecule is CCc1ccc(/C=C/C(=O)NCC(O)C(CC)CC)cc1. The van der Waals surface area contributed by atoms with Crippen molar-refractivity contribution in [2.45, 2.75) is 46.1 Å². The quantitative estimate of drug-likeness (QED) is 0.722. The predicted octanol–water partition coefficient (Wildman–Crippen LogP) is 3.18. The summed E-state index contributed by atoms with van der Waals surface area (Å²) in [5, 5.41) is 12.7. The molecule has 1 amide bonds. The van der Waals surface area contributed by atoms with Gasteiger partial charge in [-0.05, 0) is 29.5 Å². The molecule has 116 valence electrons. The van der Waals surface area contributed by atoms with Crippen LogP contribution in [0.25, 0.3) is 6.08 Å². The molecule has 21 heavy (non-hydrogen) atoms. The van der Waals surface area contributed by atoms with Gasteiger partial charge in [-0.1, -0.05) is 57.9 Å². The average Bonchev–Trinajstić information content (AvgIpc) is 2.52. The van der Waals surface area contributed by atoms with Crippen molar-refractivity contribution in [2.24, 2.45) is 5.92 Å². The normalized spacial score (nSPS) is 12.8. The van der Waals surface area contributed by atoms with Crippen LogP contribution in [0.4, 0.5) is 0 Å².